The fraction of sp³-hybridized carbons (Fsp3) is 0.632. The van der Waals surface area contributed by atoms with Crippen molar-refractivity contribution in [3.05, 3.63) is 29.3 Å². The maximum atomic E-state index is 13.0. The van der Waals surface area contributed by atoms with E-state index in [1.54, 1.807) is 10.4 Å². The molecule has 0 unspecified atom stereocenters. The zero-order chi connectivity index (χ0) is 18.3. The van der Waals surface area contributed by atoms with Crippen molar-refractivity contribution in [2.45, 2.75) is 56.0 Å². The second-order valence-corrected chi connectivity index (χ2v) is 9.62. The number of carbonyl (C=O) groups is 1. The summed E-state index contributed by atoms with van der Waals surface area (Å²) < 4.78 is 27.5. The van der Waals surface area contributed by atoms with Gasteiger partial charge in [-0.2, -0.15) is 4.31 Å². The fourth-order valence-corrected chi connectivity index (χ4v) is 5.38. The van der Waals surface area contributed by atoms with E-state index < -0.39 is 10.0 Å². The molecule has 0 bridgehead atoms. The third-order valence-electron chi connectivity index (χ3n) is 5.83. The molecule has 1 aliphatic heterocycles. The highest BCUT2D eigenvalue weighted by Gasteiger charge is 2.33. The summed E-state index contributed by atoms with van der Waals surface area (Å²) in [6, 6.07) is 5.72. The minimum absolute atomic E-state index is 0.0578. The predicted molar refractivity (Wildman–Crippen MR) is 99.4 cm³/mol. The molecule has 142 valence electrons. The number of nitrogens with one attached hydrogen (secondary N) is 1. The van der Waals surface area contributed by atoms with Gasteiger partial charge in [-0.25, -0.2) is 8.42 Å². The predicted octanol–water partition coefficient (Wildman–Crippen LogP) is 1.15. The molecule has 1 aromatic carbocycles. The van der Waals surface area contributed by atoms with Gasteiger partial charge < -0.3 is 5.32 Å². The Hall–Kier alpha value is -1.44. The molecule has 1 heterocycles. The van der Waals surface area contributed by atoms with Crippen molar-refractivity contribution in [2.75, 3.05) is 26.2 Å². The fourth-order valence-electron chi connectivity index (χ4n) is 3.90. The van der Waals surface area contributed by atoms with Gasteiger partial charge >= 0.3 is 0 Å². The van der Waals surface area contributed by atoms with Crippen LogP contribution in [0.5, 0.6) is 0 Å². The van der Waals surface area contributed by atoms with Gasteiger partial charge in [0.25, 0.3) is 0 Å². The molecule has 4 rings (SSSR count). The minimum atomic E-state index is -3.46. The smallest absolute Gasteiger partial charge is 0.243 e. The molecule has 1 N–H and O–H groups in total. The minimum Gasteiger partial charge on any atom is -0.352 e. The monoisotopic (exact) mass is 377 g/mol. The van der Waals surface area contributed by atoms with E-state index in [1.165, 1.54) is 11.1 Å². The first-order valence-electron chi connectivity index (χ1n) is 9.61. The van der Waals surface area contributed by atoms with Crippen LogP contribution in [0.15, 0.2) is 23.1 Å². The van der Waals surface area contributed by atoms with Gasteiger partial charge in [-0.3, -0.25) is 9.69 Å². The van der Waals surface area contributed by atoms with Crippen molar-refractivity contribution in [1.82, 2.24) is 14.5 Å². The molecule has 1 aromatic rings. The lowest BCUT2D eigenvalue weighted by atomic mass is 10.1. The van der Waals surface area contributed by atoms with Crippen LogP contribution < -0.4 is 5.32 Å². The number of aryl methyl sites for hydroxylation is 2. The lowest BCUT2D eigenvalue weighted by molar-refractivity contribution is -0.126. The van der Waals surface area contributed by atoms with E-state index in [0.717, 1.165) is 32.1 Å². The van der Waals surface area contributed by atoms with Crippen LogP contribution in [0, 0.1) is 0 Å². The first-order chi connectivity index (χ1) is 12.4. The Morgan fingerprint density at radius 1 is 1.12 bits per heavy atom. The lowest BCUT2D eigenvalue weighted by Gasteiger charge is -2.36. The summed E-state index contributed by atoms with van der Waals surface area (Å²) in [4.78, 5) is 14.7. The van der Waals surface area contributed by atoms with Gasteiger partial charge in [0, 0.05) is 32.2 Å². The number of fused-ring (bicyclic) bond motifs is 1. The number of benzene rings is 1. The molecule has 2 fully saturated rings. The number of carbonyl (C=O) groups excluding carboxylic acids is 1. The van der Waals surface area contributed by atoms with E-state index in [1.807, 2.05) is 19.1 Å². The molecular formula is C19H27N3O3S. The zero-order valence-electron chi connectivity index (χ0n) is 15.3. The molecule has 1 atom stereocenters. The Balaban J connectivity index is 1.39. The van der Waals surface area contributed by atoms with E-state index in [4.69, 9.17) is 0 Å². The Morgan fingerprint density at radius 3 is 2.50 bits per heavy atom. The maximum Gasteiger partial charge on any atom is 0.243 e. The first kappa shape index (κ1) is 17.9. The molecule has 2 aliphatic carbocycles. The summed E-state index contributed by atoms with van der Waals surface area (Å²) in [6.07, 6.45) is 5.28. The first-order valence-corrected chi connectivity index (χ1v) is 11.1. The summed E-state index contributed by atoms with van der Waals surface area (Å²) in [7, 11) is -3.46. The number of amides is 1. The van der Waals surface area contributed by atoms with Crippen molar-refractivity contribution in [1.29, 1.82) is 0 Å². The zero-order valence-corrected chi connectivity index (χ0v) is 16.1. The maximum absolute atomic E-state index is 13.0. The van der Waals surface area contributed by atoms with Crippen LogP contribution in [0.2, 0.25) is 0 Å². The van der Waals surface area contributed by atoms with Crippen molar-refractivity contribution >= 4 is 15.9 Å². The summed E-state index contributed by atoms with van der Waals surface area (Å²) in [5.74, 6) is 0.0578. The normalized spacial score (nSPS) is 22.8. The van der Waals surface area contributed by atoms with Crippen molar-refractivity contribution < 1.29 is 13.2 Å². The molecule has 1 saturated carbocycles. The van der Waals surface area contributed by atoms with Crippen molar-refractivity contribution in [2.24, 2.45) is 0 Å². The van der Waals surface area contributed by atoms with Crippen LogP contribution >= 0.6 is 0 Å². The summed E-state index contributed by atoms with van der Waals surface area (Å²) in [5, 5.41) is 3.03. The molecule has 26 heavy (non-hydrogen) atoms. The highest BCUT2D eigenvalue weighted by atomic mass is 32.2. The van der Waals surface area contributed by atoms with Gasteiger partial charge in [-0.1, -0.05) is 6.07 Å². The third-order valence-corrected chi connectivity index (χ3v) is 7.73. The van der Waals surface area contributed by atoms with E-state index in [0.29, 0.717) is 37.1 Å². The van der Waals surface area contributed by atoms with Gasteiger partial charge in [0.05, 0.1) is 10.9 Å². The number of rotatable bonds is 5. The van der Waals surface area contributed by atoms with Gasteiger partial charge in [-0.15, -0.1) is 0 Å². The molecule has 6 nitrogen and oxygen atoms in total. The number of hydrogen-bond acceptors (Lipinski definition) is 4. The summed E-state index contributed by atoms with van der Waals surface area (Å²) in [6.45, 7) is 3.94. The second kappa shape index (κ2) is 6.94. The van der Waals surface area contributed by atoms with Gasteiger partial charge in [-0.05, 0) is 62.3 Å². The Labute approximate surface area is 155 Å². The highest BCUT2D eigenvalue weighted by molar-refractivity contribution is 7.89. The van der Waals surface area contributed by atoms with E-state index in [2.05, 4.69) is 10.2 Å². The average molecular weight is 378 g/mol. The quantitative estimate of drug-likeness (QED) is 0.836. The molecule has 7 heteroatoms. The Morgan fingerprint density at radius 2 is 1.81 bits per heavy atom. The van der Waals surface area contributed by atoms with Crippen molar-refractivity contribution in [3.8, 4) is 0 Å². The largest absolute Gasteiger partial charge is 0.352 e. The third kappa shape index (κ3) is 3.52. The molecule has 1 amide bonds. The SMILES string of the molecule is C[C@H](C(=O)NC1CC1)N1CCN(S(=O)(=O)c2ccc3c(c2)CCC3)CC1. The Kier molecular flexibility index (Phi) is 4.79. The standard InChI is InChI=1S/C19H27N3O3S/c1-14(19(23)20-17-6-7-17)21-9-11-22(12-10-21)26(24,25)18-8-5-15-3-2-4-16(15)13-18/h5,8,13-14,17H,2-4,6-7,9-12H2,1H3,(H,20,23)/t14-/m1/s1. The van der Waals surface area contributed by atoms with Gasteiger partial charge in [0.1, 0.15) is 0 Å². The second-order valence-electron chi connectivity index (χ2n) is 7.68. The Bertz CT molecular complexity index is 796. The van der Waals surface area contributed by atoms with E-state index >= 15 is 0 Å². The van der Waals surface area contributed by atoms with Crippen LogP contribution in [0.25, 0.3) is 0 Å². The van der Waals surface area contributed by atoms with Crippen LogP contribution in [0.1, 0.15) is 37.3 Å². The molecule has 3 aliphatic rings. The number of hydrogen-bond donors (Lipinski definition) is 1. The molecule has 0 radical (unpaired) electrons. The summed E-state index contributed by atoms with van der Waals surface area (Å²) >= 11 is 0. The summed E-state index contributed by atoms with van der Waals surface area (Å²) in [5.41, 5.74) is 2.46. The molecule has 0 spiro atoms. The lowest BCUT2D eigenvalue weighted by Crippen LogP contribution is -2.55. The van der Waals surface area contributed by atoms with Crippen molar-refractivity contribution in [3.63, 3.8) is 0 Å². The number of sulfonamides is 1. The van der Waals surface area contributed by atoms with Gasteiger partial charge in [0.2, 0.25) is 15.9 Å². The molecule has 1 saturated heterocycles. The number of nitrogens with zero attached hydrogens (tertiary/aromatic N) is 2. The average Bonchev–Trinajstić information content (AvgIpc) is 3.33. The number of piperazine rings is 1. The molecule has 0 aromatic heterocycles. The molecular weight excluding hydrogens is 350 g/mol. The van der Waals surface area contributed by atoms with Crippen LogP contribution in [-0.4, -0.2) is 61.8 Å². The highest BCUT2D eigenvalue weighted by Crippen LogP contribution is 2.27. The topological polar surface area (TPSA) is 69.7 Å². The van der Waals surface area contributed by atoms with Crippen LogP contribution in [-0.2, 0) is 27.7 Å². The van der Waals surface area contributed by atoms with Gasteiger partial charge in [0.15, 0.2) is 0 Å². The van der Waals surface area contributed by atoms with E-state index in [-0.39, 0.29) is 11.9 Å². The van der Waals surface area contributed by atoms with Crippen LogP contribution in [0.4, 0.5) is 0 Å². The van der Waals surface area contributed by atoms with Crippen LogP contribution in [0.3, 0.4) is 0 Å². The van der Waals surface area contributed by atoms with E-state index in [9.17, 15) is 13.2 Å².